The maximum atomic E-state index is 13.4. The van der Waals surface area contributed by atoms with Crippen molar-refractivity contribution in [2.45, 2.75) is 13.1 Å². The summed E-state index contributed by atoms with van der Waals surface area (Å²) in [6.07, 6.45) is 1.53. The van der Waals surface area contributed by atoms with Gasteiger partial charge < -0.3 is 19.5 Å². The fraction of sp³-hybridized carbons (Fsp3) is 0.280. The Morgan fingerprint density at radius 3 is 2.41 bits per heavy atom. The third kappa shape index (κ3) is 5.79. The minimum atomic E-state index is -0.441. The summed E-state index contributed by atoms with van der Waals surface area (Å²) >= 11 is 0. The second-order valence-corrected chi connectivity index (χ2v) is 8.12. The van der Waals surface area contributed by atoms with Gasteiger partial charge in [-0.05, 0) is 42.5 Å². The van der Waals surface area contributed by atoms with Crippen molar-refractivity contribution in [3.05, 3.63) is 88.3 Å². The molecule has 0 spiro atoms. The van der Waals surface area contributed by atoms with E-state index >= 15 is 0 Å². The lowest BCUT2D eigenvalue weighted by atomic mass is 10.2. The summed E-state index contributed by atoms with van der Waals surface area (Å²) in [5, 5.41) is 2.68. The standard InChI is InChI=1S/C25H26F2N4O3/c1-34-24-16-31(17-25(33)28-20-4-2-3-19(27)13-20)22(14-23(24)32)15-29-9-11-30(12-10-29)21-7-5-18(26)6-8-21/h2-8,13-14,16H,9-12,15,17H2,1H3,(H,28,33). The smallest absolute Gasteiger partial charge is 0.244 e. The Hall–Kier alpha value is -3.72. The number of aromatic nitrogens is 1. The fourth-order valence-electron chi connectivity index (χ4n) is 4.00. The molecule has 2 heterocycles. The molecule has 1 aliphatic rings. The molecule has 3 aromatic rings. The van der Waals surface area contributed by atoms with Gasteiger partial charge in [-0.3, -0.25) is 14.5 Å². The molecule has 1 fully saturated rings. The van der Waals surface area contributed by atoms with Crippen molar-refractivity contribution >= 4 is 17.3 Å². The molecular weight excluding hydrogens is 442 g/mol. The van der Waals surface area contributed by atoms with Crippen LogP contribution in [0.25, 0.3) is 0 Å². The van der Waals surface area contributed by atoms with Crippen molar-refractivity contribution in [3.8, 4) is 5.75 Å². The van der Waals surface area contributed by atoms with Crippen LogP contribution in [0.4, 0.5) is 20.2 Å². The molecule has 0 radical (unpaired) electrons. The van der Waals surface area contributed by atoms with Crippen LogP contribution in [0.1, 0.15) is 5.69 Å². The van der Waals surface area contributed by atoms with E-state index in [1.54, 1.807) is 22.8 Å². The van der Waals surface area contributed by atoms with Gasteiger partial charge in [0.05, 0.1) is 13.3 Å². The number of hydrogen-bond acceptors (Lipinski definition) is 5. The summed E-state index contributed by atoms with van der Waals surface area (Å²) in [6.45, 7) is 3.42. The van der Waals surface area contributed by atoms with E-state index in [2.05, 4.69) is 15.1 Å². The van der Waals surface area contributed by atoms with Crippen LogP contribution >= 0.6 is 0 Å². The third-order valence-electron chi connectivity index (χ3n) is 5.77. The van der Waals surface area contributed by atoms with Gasteiger partial charge in [-0.2, -0.15) is 0 Å². The average Bonchev–Trinajstić information content (AvgIpc) is 2.82. The number of ether oxygens (including phenoxy) is 1. The highest BCUT2D eigenvalue weighted by molar-refractivity contribution is 5.90. The Kier molecular flexibility index (Phi) is 7.22. The van der Waals surface area contributed by atoms with E-state index in [9.17, 15) is 18.4 Å². The van der Waals surface area contributed by atoms with Crippen molar-refractivity contribution < 1.29 is 18.3 Å². The quantitative estimate of drug-likeness (QED) is 0.577. The molecule has 34 heavy (non-hydrogen) atoms. The minimum Gasteiger partial charge on any atom is -0.491 e. The molecule has 0 saturated carbocycles. The van der Waals surface area contributed by atoms with Crippen LogP contribution in [0.15, 0.2) is 65.6 Å². The highest BCUT2D eigenvalue weighted by Gasteiger charge is 2.20. The number of hydrogen-bond donors (Lipinski definition) is 1. The number of benzene rings is 2. The molecule has 1 N–H and O–H groups in total. The second-order valence-electron chi connectivity index (χ2n) is 8.12. The first-order valence-electron chi connectivity index (χ1n) is 11.0. The number of piperazine rings is 1. The Morgan fingerprint density at radius 1 is 1.00 bits per heavy atom. The first-order valence-corrected chi connectivity index (χ1v) is 11.0. The van der Waals surface area contributed by atoms with Gasteiger partial charge in [-0.1, -0.05) is 6.07 Å². The van der Waals surface area contributed by atoms with Crippen LogP contribution in [0.5, 0.6) is 5.75 Å². The molecule has 2 aromatic carbocycles. The number of nitrogens with zero attached hydrogens (tertiary/aromatic N) is 3. The van der Waals surface area contributed by atoms with Gasteiger partial charge in [0, 0.05) is 55.9 Å². The fourth-order valence-corrected chi connectivity index (χ4v) is 4.00. The highest BCUT2D eigenvalue weighted by Crippen LogP contribution is 2.18. The topological polar surface area (TPSA) is 66.8 Å². The van der Waals surface area contributed by atoms with E-state index in [0.29, 0.717) is 17.9 Å². The third-order valence-corrected chi connectivity index (χ3v) is 5.77. The van der Waals surface area contributed by atoms with E-state index in [0.717, 1.165) is 31.9 Å². The van der Waals surface area contributed by atoms with Crippen LogP contribution in [0.2, 0.25) is 0 Å². The normalized spacial score (nSPS) is 14.1. The predicted octanol–water partition coefficient (Wildman–Crippen LogP) is 3.10. The lowest BCUT2D eigenvalue weighted by Gasteiger charge is -2.36. The van der Waals surface area contributed by atoms with Crippen LogP contribution in [0, 0.1) is 11.6 Å². The molecular formula is C25H26F2N4O3. The number of methoxy groups -OCH3 is 1. The zero-order valence-electron chi connectivity index (χ0n) is 18.8. The molecule has 9 heteroatoms. The monoisotopic (exact) mass is 468 g/mol. The van der Waals surface area contributed by atoms with Crippen molar-refractivity contribution in [3.63, 3.8) is 0 Å². The van der Waals surface area contributed by atoms with Gasteiger partial charge in [-0.15, -0.1) is 0 Å². The lowest BCUT2D eigenvalue weighted by Crippen LogP contribution is -2.46. The number of carbonyl (C=O) groups is 1. The summed E-state index contributed by atoms with van der Waals surface area (Å²) in [4.78, 5) is 29.4. The van der Waals surface area contributed by atoms with Crippen molar-refractivity contribution in [1.29, 1.82) is 0 Å². The van der Waals surface area contributed by atoms with Crippen molar-refractivity contribution in [2.24, 2.45) is 0 Å². The van der Waals surface area contributed by atoms with Crippen LogP contribution in [-0.4, -0.2) is 48.7 Å². The number of rotatable bonds is 7. The van der Waals surface area contributed by atoms with Crippen LogP contribution in [0.3, 0.4) is 0 Å². The number of amides is 1. The number of carbonyl (C=O) groups excluding carboxylic acids is 1. The zero-order chi connectivity index (χ0) is 24.1. The van der Waals surface area contributed by atoms with Gasteiger partial charge in [0.2, 0.25) is 11.3 Å². The number of anilines is 2. The van der Waals surface area contributed by atoms with Gasteiger partial charge in [-0.25, -0.2) is 8.78 Å². The van der Waals surface area contributed by atoms with E-state index in [-0.39, 0.29) is 29.4 Å². The summed E-state index contributed by atoms with van der Waals surface area (Å²) < 4.78 is 33.5. The molecule has 1 amide bonds. The van der Waals surface area contributed by atoms with E-state index in [4.69, 9.17) is 4.74 Å². The minimum absolute atomic E-state index is 0.0575. The second kappa shape index (κ2) is 10.5. The van der Waals surface area contributed by atoms with Gasteiger partial charge in [0.1, 0.15) is 18.2 Å². The van der Waals surface area contributed by atoms with Gasteiger partial charge in [0.25, 0.3) is 0 Å². The van der Waals surface area contributed by atoms with Crippen LogP contribution < -0.4 is 20.4 Å². The highest BCUT2D eigenvalue weighted by atomic mass is 19.1. The van der Waals surface area contributed by atoms with E-state index < -0.39 is 5.82 Å². The Balaban J connectivity index is 1.45. The summed E-state index contributed by atoms with van der Waals surface area (Å²) in [5.41, 5.74) is 1.74. The Morgan fingerprint density at radius 2 is 1.74 bits per heavy atom. The number of halogens is 2. The van der Waals surface area contributed by atoms with Gasteiger partial charge in [0.15, 0.2) is 5.75 Å². The number of nitrogens with one attached hydrogen (secondary N) is 1. The molecule has 0 atom stereocenters. The van der Waals surface area contributed by atoms with Crippen LogP contribution in [-0.2, 0) is 17.9 Å². The van der Waals surface area contributed by atoms with Crippen molar-refractivity contribution in [2.75, 3.05) is 43.5 Å². The summed E-state index contributed by atoms with van der Waals surface area (Å²) in [5.74, 6) is -0.910. The molecule has 178 valence electrons. The van der Waals surface area contributed by atoms with E-state index in [1.807, 2.05) is 0 Å². The summed E-state index contributed by atoms with van der Waals surface area (Å²) in [7, 11) is 1.40. The summed E-state index contributed by atoms with van der Waals surface area (Å²) in [6, 6.07) is 13.6. The number of pyridine rings is 1. The predicted molar refractivity (Wildman–Crippen MR) is 126 cm³/mol. The first kappa shape index (κ1) is 23.4. The molecule has 4 rings (SSSR count). The molecule has 0 bridgehead atoms. The molecule has 7 nitrogen and oxygen atoms in total. The lowest BCUT2D eigenvalue weighted by molar-refractivity contribution is -0.116. The molecule has 1 aliphatic heterocycles. The largest absolute Gasteiger partial charge is 0.491 e. The Labute approximate surface area is 196 Å². The molecule has 1 saturated heterocycles. The molecule has 0 aliphatic carbocycles. The molecule has 1 aromatic heterocycles. The zero-order valence-corrected chi connectivity index (χ0v) is 18.8. The SMILES string of the molecule is COc1cn(CC(=O)Nc2cccc(F)c2)c(CN2CCN(c3ccc(F)cc3)CC2)cc1=O. The van der Waals surface area contributed by atoms with Gasteiger partial charge >= 0.3 is 0 Å². The van der Waals surface area contributed by atoms with E-state index in [1.165, 1.54) is 49.7 Å². The first-order chi connectivity index (χ1) is 16.4. The van der Waals surface area contributed by atoms with Crippen molar-refractivity contribution in [1.82, 2.24) is 9.47 Å². The Bertz CT molecular complexity index is 1210. The maximum absolute atomic E-state index is 13.4. The average molecular weight is 469 g/mol. The maximum Gasteiger partial charge on any atom is 0.244 e. The molecule has 0 unspecified atom stereocenters.